The topological polar surface area (TPSA) is 72.3 Å². The van der Waals surface area contributed by atoms with E-state index in [0.29, 0.717) is 18.2 Å². The zero-order valence-corrected chi connectivity index (χ0v) is 17.1. The summed E-state index contributed by atoms with van der Waals surface area (Å²) in [6, 6.07) is 7.38. The number of benzene rings is 1. The summed E-state index contributed by atoms with van der Waals surface area (Å²) in [4.78, 5) is 14.5. The van der Waals surface area contributed by atoms with Crippen LogP contribution in [0.5, 0.6) is 0 Å². The number of morpholine rings is 1. The number of nitrogens with one attached hydrogen (secondary N) is 1. The summed E-state index contributed by atoms with van der Waals surface area (Å²) in [5, 5.41) is 13.0. The van der Waals surface area contributed by atoms with Gasteiger partial charge in [0.25, 0.3) is 0 Å². The molecule has 1 saturated heterocycles. The largest absolute Gasteiger partial charge is 0.378 e. The molecule has 27 heavy (non-hydrogen) atoms. The van der Waals surface area contributed by atoms with Gasteiger partial charge in [0.05, 0.1) is 25.0 Å². The number of hydrogen-bond donors (Lipinski definition) is 1. The van der Waals surface area contributed by atoms with Gasteiger partial charge in [-0.1, -0.05) is 41.6 Å². The monoisotopic (exact) mass is 409 g/mol. The number of halogens is 1. The quantitative estimate of drug-likeness (QED) is 0.709. The van der Waals surface area contributed by atoms with Crippen molar-refractivity contribution in [3.63, 3.8) is 0 Å². The third kappa shape index (κ3) is 4.94. The molecule has 1 aromatic heterocycles. The first kappa shape index (κ1) is 20.0. The van der Waals surface area contributed by atoms with E-state index in [-0.39, 0.29) is 17.7 Å². The number of carbonyl (C=O) groups excluding carboxylic acids is 1. The number of thioether (sulfide) groups is 1. The fourth-order valence-electron chi connectivity index (χ4n) is 2.98. The summed E-state index contributed by atoms with van der Waals surface area (Å²) in [7, 11) is 0. The molecule has 1 aliphatic rings. The number of rotatable bonds is 7. The van der Waals surface area contributed by atoms with Crippen molar-refractivity contribution >= 4 is 35.2 Å². The van der Waals surface area contributed by atoms with Gasteiger partial charge in [-0.2, -0.15) is 0 Å². The van der Waals surface area contributed by atoms with E-state index in [1.54, 1.807) is 0 Å². The van der Waals surface area contributed by atoms with E-state index in [1.165, 1.54) is 11.8 Å². The Kier molecular flexibility index (Phi) is 6.98. The van der Waals surface area contributed by atoms with Crippen LogP contribution in [-0.4, -0.2) is 52.7 Å². The molecule has 7 nitrogen and oxygen atoms in total. The Morgan fingerprint density at radius 3 is 2.78 bits per heavy atom. The smallest absolute Gasteiger partial charge is 0.230 e. The standard InChI is InChI=1S/C18H24ClN5O2S/c1-3-24-17(23-8-10-26-11-9-23)21-22-18(24)27-12-16(25)20-13(2)14-6-4-5-7-15(14)19/h4-7,13H,3,8-12H2,1-2H3,(H,20,25)/t13-/m0/s1. The summed E-state index contributed by atoms with van der Waals surface area (Å²) in [6.07, 6.45) is 0. The number of nitrogens with zero attached hydrogens (tertiary/aromatic N) is 4. The molecule has 0 aliphatic carbocycles. The Labute approximate surface area is 168 Å². The van der Waals surface area contributed by atoms with Gasteiger partial charge >= 0.3 is 0 Å². The predicted octanol–water partition coefficient (Wildman–Crippen LogP) is 2.76. The number of amides is 1. The Morgan fingerprint density at radius 2 is 2.07 bits per heavy atom. The highest BCUT2D eigenvalue weighted by Crippen LogP contribution is 2.24. The minimum absolute atomic E-state index is 0.0639. The minimum Gasteiger partial charge on any atom is -0.378 e. The normalized spacial score (nSPS) is 15.6. The molecule has 146 valence electrons. The SMILES string of the molecule is CCn1c(SCC(=O)N[C@@H](C)c2ccccc2Cl)nnc1N1CCOCC1. The van der Waals surface area contributed by atoms with Crippen molar-refractivity contribution in [2.75, 3.05) is 37.0 Å². The summed E-state index contributed by atoms with van der Waals surface area (Å²) in [5.74, 6) is 1.05. The fourth-order valence-corrected chi connectivity index (χ4v) is 4.09. The highest BCUT2D eigenvalue weighted by molar-refractivity contribution is 7.99. The van der Waals surface area contributed by atoms with E-state index in [0.717, 1.165) is 36.3 Å². The van der Waals surface area contributed by atoms with Crippen LogP contribution in [0.25, 0.3) is 0 Å². The first-order valence-electron chi connectivity index (χ1n) is 9.02. The van der Waals surface area contributed by atoms with Crippen molar-refractivity contribution in [1.82, 2.24) is 20.1 Å². The van der Waals surface area contributed by atoms with E-state index in [2.05, 4.69) is 27.3 Å². The van der Waals surface area contributed by atoms with Crippen molar-refractivity contribution in [1.29, 1.82) is 0 Å². The molecule has 1 N–H and O–H groups in total. The molecular formula is C18H24ClN5O2S. The zero-order chi connectivity index (χ0) is 19.2. The Morgan fingerprint density at radius 1 is 1.33 bits per heavy atom. The lowest BCUT2D eigenvalue weighted by Gasteiger charge is -2.27. The lowest BCUT2D eigenvalue weighted by Crippen LogP contribution is -2.38. The molecule has 3 rings (SSSR count). The Bertz CT molecular complexity index is 779. The molecule has 1 aromatic carbocycles. The Hall–Kier alpha value is -1.77. The van der Waals surface area contributed by atoms with Crippen LogP contribution in [0.1, 0.15) is 25.5 Å². The first-order valence-corrected chi connectivity index (χ1v) is 10.4. The minimum atomic E-state index is -0.153. The van der Waals surface area contributed by atoms with Crippen LogP contribution in [0.3, 0.4) is 0 Å². The second-order valence-electron chi connectivity index (χ2n) is 6.23. The lowest BCUT2D eigenvalue weighted by atomic mass is 10.1. The number of aromatic nitrogens is 3. The van der Waals surface area contributed by atoms with Crippen LogP contribution in [0.15, 0.2) is 29.4 Å². The zero-order valence-electron chi connectivity index (χ0n) is 15.5. The highest BCUT2D eigenvalue weighted by atomic mass is 35.5. The van der Waals surface area contributed by atoms with Crippen LogP contribution in [0, 0.1) is 0 Å². The predicted molar refractivity (Wildman–Crippen MR) is 107 cm³/mol. The molecule has 9 heteroatoms. The number of carbonyl (C=O) groups is 1. The second-order valence-corrected chi connectivity index (χ2v) is 7.58. The van der Waals surface area contributed by atoms with Crippen LogP contribution >= 0.6 is 23.4 Å². The molecule has 2 heterocycles. The van der Waals surface area contributed by atoms with E-state index in [9.17, 15) is 4.79 Å². The van der Waals surface area contributed by atoms with Crippen molar-refractivity contribution in [3.05, 3.63) is 34.9 Å². The highest BCUT2D eigenvalue weighted by Gasteiger charge is 2.20. The number of hydrogen-bond acceptors (Lipinski definition) is 6. The van der Waals surface area contributed by atoms with Crippen LogP contribution in [0.2, 0.25) is 5.02 Å². The fraction of sp³-hybridized carbons (Fsp3) is 0.500. The molecule has 0 saturated carbocycles. The van der Waals surface area contributed by atoms with Crippen LogP contribution in [0.4, 0.5) is 5.95 Å². The Balaban J connectivity index is 1.58. The van der Waals surface area contributed by atoms with Crippen LogP contribution < -0.4 is 10.2 Å². The van der Waals surface area contributed by atoms with E-state index < -0.39 is 0 Å². The van der Waals surface area contributed by atoms with Gasteiger partial charge in [-0.15, -0.1) is 10.2 Å². The van der Waals surface area contributed by atoms with Crippen LogP contribution in [-0.2, 0) is 16.1 Å². The van der Waals surface area contributed by atoms with Crippen molar-refractivity contribution < 1.29 is 9.53 Å². The van der Waals surface area contributed by atoms with Gasteiger partial charge in [-0.25, -0.2) is 0 Å². The number of ether oxygens (including phenoxy) is 1. The molecule has 0 bridgehead atoms. The van der Waals surface area contributed by atoms with Gasteiger partial charge in [0.1, 0.15) is 0 Å². The summed E-state index contributed by atoms with van der Waals surface area (Å²) >= 11 is 7.59. The molecule has 1 atom stereocenters. The molecular weight excluding hydrogens is 386 g/mol. The van der Waals surface area contributed by atoms with Gasteiger partial charge in [0.2, 0.25) is 11.9 Å². The summed E-state index contributed by atoms with van der Waals surface area (Å²) in [6.45, 7) is 7.73. The van der Waals surface area contributed by atoms with E-state index in [4.69, 9.17) is 16.3 Å². The van der Waals surface area contributed by atoms with Crippen molar-refractivity contribution in [2.45, 2.75) is 31.6 Å². The average molecular weight is 410 g/mol. The van der Waals surface area contributed by atoms with Gasteiger partial charge in [0.15, 0.2) is 5.16 Å². The van der Waals surface area contributed by atoms with Crippen molar-refractivity contribution in [3.8, 4) is 0 Å². The van der Waals surface area contributed by atoms with Gasteiger partial charge in [-0.05, 0) is 25.5 Å². The van der Waals surface area contributed by atoms with E-state index >= 15 is 0 Å². The molecule has 1 aliphatic heterocycles. The third-order valence-electron chi connectivity index (χ3n) is 4.39. The van der Waals surface area contributed by atoms with Crippen molar-refractivity contribution in [2.24, 2.45) is 0 Å². The molecule has 0 spiro atoms. The van der Waals surface area contributed by atoms with E-state index in [1.807, 2.05) is 35.8 Å². The van der Waals surface area contributed by atoms with Gasteiger partial charge < -0.3 is 15.0 Å². The third-order valence-corrected chi connectivity index (χ3v) is 5.70. The summed E-state index contributed by atoms with van der Waals surface area (Å²) < 4.78 is 7.44. The van der Waals surface area contributed by atoms with Gasteiger partial charge in [-0.3, -0.25) is 9.36 Å². The lowest BCUT2D eigenvalue weighted by molar-refractivity contribution is -0.119. The molecule has 0 unspecified atom stereocenters. The molecule has 1 fully saturated rings. The first-order chi connectivity index (χ1) is 13.1. The maximum atomic E-state index is 12.4. The maximum absolute atomic E-state index is 12.4. The van der Waals surface area contributed by atoms with Gasteiger partial charge in [0, 0.05) is 24.7 Å². The average Bonchev–Trinajstić information content (AvgIpc) is 3.10. The molecule has 2 aromatic rings. The second kappa shape index (κ2) is 9.43. The molecule has 1 amide bonds. The maximum Gasteiger partial charge on any atom is 0.230 e. The molecule has 0 radical (unpaired) electrons. The summed E-state index contributed by atoms with van der Waals surface area (Å²) in [5.41, 5.74) is 0.906. The number of anilines is 1.